The normalized spacial score (nSPS) is 9.73. The van der Waals surface area contributed by atoms with Crippen molar-refractivity contribution in [1.82, 2.24) is 0 Å². The Balaban J connectivity index is 0. The zero-order valence-corrected chi connectivity index (χ0v) is 11.6. The summed E-state index contributed by atoms with van der Waals surface area (Å²) in [4.78, 5) is 20.4. The van der Waals surface area contributed by atoms with Crippen molar-refractivity contribution >= 4 is 39.5 Å². The Kier molecular flexibility index (Phi) is 10.2. The Hall–Kier alpha value is -0.290. The smallest absolute Gasteiger partial charge is 0.320 e. The lowest BCUT2D eigenvalue weighted by Gasteiger charge is -2.18. The molecule has 0 saturated carbocycles. The van der Waals surface area contributed by atoms with E-state index < -0.39 is 5.97 Å². The van der Waals surface area contributed by atoms with Crippen LogP contribution in [-0.4, -0.2) is 35.9 Å². The topological polar surface area (TPSA) is 52.6 Å². The number of halogens is 2. The summed E-state index contributed by atoms with van der Waals surface area (Å²) < 4.78 is 9.03. The molecule has 0 unspecified atom stereocenters. The van der Waals surface area contributed by atoms with Gasteiger partial charge in [0.1, 0.15) is 16.8 Å². The first-order valence-electron chi connectivity index (χ1n) is 4.17. The number of hydrogen-bond acceptors (Lipinski definition) is 4. The minimum Gasteiger partial charge on any atom is -0.468 e. The molecule has 0 radical (unpaired) electrons. The molecule has 0 spiro atoms. The molecule has 0 amide bonds. The molecule has 0 heterocycles. The molecule has 90 valence electrons. The molecule has 0 aromatic carbocycles. The second kappa shape index (κ2) is 8.97. The van der Waals surface area contributed by atoms with Gasteiger partial charge in [0.15, 0.2) is 0 Å². The zero-order valence-electron chi connectivity index (χ0n) is 9.30. The van der Waals surface area contributed by atoms with Crippen LogP contribution in [0.5, 0.6) is 0 Å². The molecule has 0 saturated heterocycles. The molecule has 0 bridgehead atoms. The maximum absolute atomic E-state index is 10.6. The van der Waals surface area contributed by atoms with E-state index in [9.17, 15) is 9.59 Å². The molecule has 15 heavy (non-hydrogen) atoms. The molecule has 0 aliphatic heterocycles. The summed E-state index contributed by atoms with van der Waals surface area (Å²) in [6.07, 6.45) is 0. The highest BCUT2D eigenvalue weighted by Gasteiger charge is 2.14. The summed E-state index contributed by atoms with van der Waals surface area (Å²) >= 11 is 7.97. The van der Waals surface area contributed by atoms with Crippen molar-refractivity contribution in [2.75, 3.05) is 18.3 Å². The van der Waals surface area contributed by atoms with Crippen LogP contribution in [0.3, 0.4) is 0 Å². The lowest BCUT2D eigenvalue weighted by molar-refractivity contribution is -0.151. The van der Waals surface area contributed by atoms with Crippen molar-refractivity contribution in [1.29, 1.82) is 0 Å². The van der Waals surface area contributed by atoms with Crippen molar-refractivity contribution in [2.24, 2.45) is 0 Å². The highest BCUT2D eigenvalue weighted by atomic mass is 79.9. The van der Waals surface area contributed by atoms with Crippen molar-refractivity contribution in [2.45, 2.75) is 26.4 Å². The van der Waals surface area contributed by atoms with Crippen LogP contribution in [0, 0.1) is 0 Å². The Morgan fingerprint density at radius 2 is 1.73 bits per heavy atom. The maximum atomic E-state index is 10.6. The summed E-state index contributed by atoms with van der Waals surface area (Å²) in [5.74, 6) is -0.671. The van der Waals surface area contributed by atoms with Gasteiger partial charge < -0.3 is 9.47 Å². The number of hydrogen-bond donors (Lipinski definition) is 0. The molecule has 6 heteroatoms. The van der Waals surface area contributed by atoms with E-state index >= 15 is 0 Å². The molecule has 0 fully saturated rings. The van der Waals surface area contributed by atoms with Crippen LogP contribution in [0.4, 0.5) is 0 Å². The minimum atomic E-state index is -0.392. The van der Waals surface area contributed by atoms with Crippen molar-refractivity contribution in [3.8, 4) is 0 Å². The van der Waals surface area contributed by atoms with Crippen LogP contribution in [0.15, 0.2) is 0 Å². The van der Waals surface area contributed by atoms with Gasteiger partial charge in [-0.05, 0) is 20.8 Å². The van der Waals surface area contributed by atoms with E-state index in [4.69, 9.17) is 16.3 Å². The van der Waals surface area contributed by atoms with Crippen LogP contribution in [0.25, 0.3) is 0 Å². The third-order valence-electron chi connectivity index (χ3n) is 0.866. The van der Waals surface area contributed by atoms with Crippen LogP contribution in [0.1, 0.15) is 20.8 Å². The van der Waals surface area contributed by atoms with Gasteiger partial charge in [0.05, 0.1) is 7.11 Å². The second-order valence-electron chi connectivity index (χ2n) is 3.43. The van der Waals surface area contributed by atoms with Gasteiger partial charge in [0, 0.05) is 0 Å². The summed E-state index contributed by atoms with van der Waals surface area (Å²) in [6.45, 7) is 5.52. The Bertz CT molecular complexity index is 195. The van der Waals surface area contributed by atoms with Crippen molar-refractivity contribution < 1.29 is 19.1 Å². The van der Waals surface area contributed by atoms with Gasteiger partial charge in [-0.2, -0.15) is 0 Å². The van der Waals surface area contributed by atoms with Gasteiger partial charge >= 0.3 is 11.9 Å². The predicted molar refractivity (Wildman–Crippen MR) is 62.4 cm³/mol. The van der Waals surface area contributed by atoms with E-state index in [1.165, 1.54) is 7.11 Å². The van der Waals surface area contributed by atoms with Crippen LogP contribution in [0.2, 0.25) is 0 Å². The molecular weight excluding hydrogens is 287 g/mol. The lowest BCUT2D eigenvalue weighted by Crippen LogP contribution is -2.24. The number of alkyl halides is 2. The quantitative estimate of drug-likeness (QED) is 0.579. The van der Waals surface area contributed by atoms with E-state index in [1.54, 1.807) is 0 Å². The van der Waals surface area contributed by atoms with Gasteiger partial charge in [-0.15, -0.1) is 11.6 Å². The molecule has 4 nitrogen and oxygen atoms in total. The predicted octanol–water partition coefficient (Wildman–Crippen LogP) is 2.12. The number of carbonyl (C=O) groups excluding carboxylic acids is 2. The van der Waals surface area contributed by atoms with Gasteiger partial charge in [0.25, 0.3) is 0 Å². The van der Waals surface area contributed by atoms with Crippen molar-refractivity contribution in [3.63, 3.8) is 0 Å². The Labute approximate surface area is 103 Å². The molecule has 0 atom stereocenters. The summed E-state index contributed by atoms with van der Waals surface area (Å²) in [5, 5.41) is 0.268. The number of ether oxygens (including phenoxy) is 2. The van der Waals surface area contributed by atoms with E-state index in [2.05, 4.69) is 20.7 Å². The largest absolute Gasteiger partial charge is 0.468 e. The van der Waals surface area contributed by atoms with Gasteiger partial charge in [-0.1, -0.05) is 15.9 Å². The first-order chi connectivity index (χ1) is 6.76. The van der Waals surface area contributed by atoms with E-state index in [-0.39, 0.29) is 22.8 Å². The first kappa shape index (κ1) is 17.1. The highest BCUT2D eigenvalue weighted by molar-refractivity contribution is 9.09. The number of methoxy groups -OCH3 is 1. The molecule has 0 N–H and O–H groups in total. The fourth-order valence-corrected chi connectivity index (χ4v) is 0.647. The third kappa shape index (κ3) is 16.4. The fourth-order valence-electron chi connectivity index (χ4n) is 0.423. The van der Waals surface area contributed by atoms with Crippen molar-refractivity contribution in [3.05, 3.63) is 0 Å². The first-order valence-corrected chi connectivity index (χ1v) is 5.83. The molecular formula is C9H16BrClO4. The van der Waals surface area contributed by atoms with E-state index in [0.29, 0.717) is 0 Å². The summed E-state index contributed by atoms with van der Waals surface area (Å²) in [5.41, 5.74) is -0.356. The molecule has 0 aliphatic carbocycles. The number of rotatable bonds is 2. The van der Waals surface area contributed by atoms with Gasteiger partial charge in [0.2, 0.25) is 0 Å². The summed E-state index contributed by atoms with van der Waals surface area (Å²) in [6, 6.07) is 0. The molecule has 0 rings (SSSR count). The van der Waals surface area contributed by atoms with Crippen LogP contribution >= 0.6 is 27.5 Å². The fraction of sp³-hybridized carbons (Fsp3) is 0.778. The molecule has 0 aromatic rings. The lowest BCUT2D eigenvalue weighted by atomic mass is 10.2. The molecule has 0 aliphatic rings. The van der Waals surface area contributed by atoms with Gasteiger partial charge in [-0.25, -0.2) is 0 Å². The number of carbonyl (C=O) groups is 2. The average Bonchev–Trinajstić information content (AvgIpc) is 2.15. The minimum absolute atomic E-state index is 0.0590. The van der Waals surface area contributed by atoms with E-state index in [1.807, 2.05) is 20.8 Å². The average molecular weight is 304 g/mol. The SMILES string of the molecule is CC(C)(C)OC(=O)CBr.COC(=O)CCl. The number of esters is 2. The Morgan fingerprint density at radius 1 is 1.27 bits per heavy atom. The third-order valence-corrected chi connectivity index (χ3v) is 1.54. The monoisotopic (exact) mass is 302 g/mol. The van der Waals surface area contributed by atoms with E-state index in [0.717, 1.165) is 0 Å². The Morgan fingerprint density at radius 3 is 1.80 bits per heavy atom. The maximum Gasteiger partial charge on any atom is 0.320 e. The van der Waals surface area contributed by atoms with Crippen LogP contribution in [-0.2, 0) is 19.1 Å². The highest BCUT2D eigenvalue weighted by Crippen LogP contribution is 2.07. The molecule has 0 aromatic heterocycles. The van der Waals surface area contributed by atoms with Crippen LogP contribution < -0.4 is 0 Å². The zero-order chi connectivity index (χ0) is 12.5. The second-order valence-corrected chi connectivity index (χ2v) is 4.26. The summed E-state index contributed by atoms with van der Waals surface area (Å²) in [7, 11) is 1.30. The standard InChI is InChI=1S/C6H11BrO2.C3H5ClO2/c1-6(2,3)9-5(8)4-7;1-6-3(5)2-4/h4H2,1-3H3;2H2,1H3. The van der Waals surface area contributed by atoms with Gasteiger partial charge in [-0.3, -0.25) is 9.59 Å².